The molecule has 3 heteroatoms. The highest BCUT2D eigenvalue weighted by Crippen LogP contribution is 1.96. The zero-order valence-corrected chi connectivity index (χ0v) is 5.74. The highest BCUT2D eigenvalue weighted by atomic mass is 16.1. The van der Waals surface area contributed by atoms with Gasteiger partial charge in [-0.2, -0.15) is 0 Å². The van der Waals surface area contributed by atoms with E-state index >= 15 is 0 Å². The van der Waals surface area contributed by atoms with Gasteiger partial charge in [0.1, 0.15) is 0 Å². The summed E-state index contributed by atoms with van der Waals surface area (Å²) in [6.45, 7) is 0. The number of aromatic nitrogens is 1. The molecule has 0 aliphatic rings. The molecule has 0 saturated heterocycles. The largest absolute Gasteiger partial charge is 0.288 e. The third-order valence-electron chi connectivity index (χ3n) is 1.15. The van der Waals surface area contributed by atoms with Gasteiger partial charge in [-0.15, -0.1) is 0 Å². The molecule has 0 radical (unpaired) electrons. The van der Waals surface area contributed by atoms with Gasteiger partial charge in [-0.3, -0.25) is 15.2 Å². The van der Waals surface area contributed by atoms with E-state index in [0.29, 0.717) is 5.56 Å². The van der Waals surface area contributed by atoms with Crippen LogP contribution in [0.1, 0.15) is 10.4 Å². The molecule has 0 fully saturated rings. The summed E-state index contributed by atoms with van der Waals surface area (Å²) in [7, 11) is 0. The van der Waals surface area contributed by atoms with Crippen LogP contribution in [0.4, 0.5) is 0 Å². The lowest BCUT2D eigenvalue weighted by atomic mass is 10.2. The Kier molecular flexibility index (Phi) is 2.31. The summed E-state index contributed by atoms with van der Waals surface area (Å²) in [5.74, 6) is 1.67. The van der Waals surface area contributed by atoms with Crippen molar-refractivity contribution in [2.45, 2.75) is 0 Å². The van der Waals surface area contributed by atoms with Crippen molar-refractivity contribution in [3.05, 3.63) is 36.2 Å². The molecule has 0 amide bonds. The van der Waals surface area contributed by atoms with Crippen LogP contribution in [0.3, 0.4) is 0 Å². The van der Waals surface area contributed by atoms with Gasteiger partial charge in [0.2, 0.25) is 0 Å². The van der Waals surface area contributed by atoms with E-state index in [1.165, 1.54) is 6.20 Å². The fourth-order valence-electron chi connectivity index (χ4n) is 0.657. The molecule has 1 N–H and O–H groups in total. The zero-order valence-electron chi connectivity index (χ0n) is 5.74. The first-order valence-electron chi connectivity index (χ1n) is 3.04. The Hall–Kier alpha value is -1.73. The van der Waals surface area contributed by atoms with Gasteiger partial charge in [-0.1, -0.05) is 0 Å². The molecule has 0 atom stereocenters. The summed E-state index contributed by atoms with van der Waals surface area (Å²) in [6.07, 6.45) is 4.11. The molecule has 0 aliphatic carbocycles. The fourth-order valence-corrected chi connectivity index (χ4v) is 0.657. The number of ketones is 1. The molecule has 0 saturated carbocycles. The van der Waals surface area contributed by atoms with Crippen molar-refractivity contribution in [2.24, 2.45) is 0 Å². The van der Waals surface area contributed by atoms with E-state index in [2.05, 4.69) is 4.98 Å². The Labute approximate surface area is 63.9 Å². The van der Waals surface area contributed by atoms with Gasteiger partial charge in [0, 0.05) is 24.0 Å². The number of hydrogen-bond acceptors (Lipinski definition) is 3. The molecule has 3 nitrogen and oxygen atoms in total. The van der Waals surface area contributed by atoms with E-state index in [0.717, 1.165) is 6.08 Å². The minimum atomic E-state index is -0.242. The second kappa shape index (κ2) is 3.44. The van der Waals surface area contributed by atoms with Crippen molar-refractivity contribution in [1.29, 1.82) is 5.41 Å². The van der Waals surface area contributed by atoms with Crippen molar-refractivity contribution < 1.29 is 4.79 Å². The Bertz CT molecular complexity index is 299. The van der Waals surface area contributed by atoms with Crippen LogP contribution in [-0.2, 0) is 0 Å². The number of carbonyl (C=O) groups excluding carboxylic acids is 1. The quantitative estimate of drug-likeness (QED) is 0.385. The van der Waals surface area contributed by atoms with Crippen molar-refractivity contribution in [2.75, 3.05) is 0 Å². The molecule has 1 aromatic heterocycles. The van der Waals surface area contributed by atoms with E-state index in [1.54, 1.807) is 18.3 Å². The van der Waals surface area contributed by atoms with E-state index in [-0.39, 0.29) is 5.78 Å². The van der Waals surface area contributed by atoms with Crippen molar-refractivity contribution in [3.63, 3.8) is 0 Å². The Morgan fingerprint density at radius 1 is 1.73 bits per heavy atom. The first kappa shape index (κ1) is 7.38. The average Bonchev–Trinajstić information content (AvgIpc) is 2.07. The molecule has 0 aromatic carbocycles. The molecule has 0 spiro atoms. The smallest absolute Gasteiger partial charge is 0.196 e. The highest BCUT2D eigenvalue weighted by Gasteiger charge is 1.98. The topological polar surface area (TPSA) is 53.8 Å². The molecular weight excluding hydrogens is 140 g/mol. The zero-order chi connectivity index (χ0) is 8.10. The lowest BCUT2D eigenvalue weighted by Crippen LogP contribution is -1.93. The maximum absolute atomic E-state index is 11.0. The summed E-state index contributed by atoms with van der Waals surface area (Å²) in [5, 5.41) is 6.54. The molecule has 0 unspecified atom stereocenters. The van der Waals surface area contributed by atoms with Gasteiger partial charge >= 0.3 is 0 Å². The minimum absolute atomic E-state index is 0.242. The van der Waals surface area contributed by atoms with Crippen LogP contribution in [0, 0.1) is 5.41 Å². The number of carbonyl (C=O) groups is 1. The van der Waals surface area contributed by atoms with Gasteiger partial charge in [0.05, 0.1) is 0 Å². The second-order valence-electron chi connectivity index (χ2n) is 1.89. The van der Waals surface area contributed by atoms with E-state index < -0.39 is 0 Å². The van der Waals surface area contributed by atoms with E-state index in [4.69, 9.17) is 5.41 Å². The predicted molar refractivity (Wildman–Crippen MR) is 40.9 cm³/mol. The maximum Gasteiger partial charge on any atom is 0.196 e. The van der Waals surface area contributed by atoms with Gasteiger partial charge in [-0.25, -0.2) is 0 Å². The number of pyridine rings is 1. The van der Waals surface area contributed by atoms with Crippen LogP contribution < -0.4 is 0 Å². The number of allylic oxidation sites excluding steroid dienone is 1. The average molecular weight is 146 g/mol. The van der Waals surface area contributed by atoms with Gasteiger partial charge < -0.3 is 0 Å². The standard InChI is InChI=1S/C8H6N2O/c9-4-3-8(11)7-2-1-5-10-6-7/h1-3,5-6,9H. The highest BCUT2D eigenvalue weighted by molar-refractivity contribution is 6.08. The molecular formula is C8H6N2O. The molecule has 0 bridgehead atoms. The van der Waals surface area contributed by atoms with Gasteiger partial charge in [0.15, 0.2) is 5.78 Å². The first-order chi connectivity index (χ1) is 5.34. The summed E-state index contributed by atoms with van der Waals surface area (Å²) in [5.41, 5.74) is 0.479. The number of hydrogen-bond donors (Lipinski definition) is 1. The Morgan fingerprint density at radius 2 is 2.55 bits per heavy atom. The number of nitrogens with one attached hydrogen (secondary N) is 1. The molecule has 0 aliphatic heterocycles. The summed E-state index contributed by atoms with van der Waals surface area (Å²) in [4.78, 5) is 14.7. The van der Waals surface area contributed by atoms with Crippen LogP contribution in [0.5, 0.6) is 0 Å². The molecule has 1 aromatic rings. The number of nitrogens with zero attached hydrogens (tertiary/aromatic N) is 1. The monoisotopic (exact) mass is 146 g/mol. The lowest BCUT2D eigenvalue weighted by molar-refractivity contribution is 0.104. The summed E-state index contributed by atoms with van der Waals surface area (Å²) in [6, 6.07) is 3.31. The Morgan fingerprint density at radius 3 is 3.09 bits per heavy atom. The van der Waals surface area contributed by atoms with Crippen LogP contribution in [-0.4, -0.2) is 16.6 Å². The third kappa shape index (κ3) is 1.85. The van der Waals surface area contributed by atoms with Crippen molar-refractivity contribution >= 4 is 11.7 Å². The van der Waals surface area contributed by atoms with Gasteiger partial charge in [0.25, 0.3) is 0 Å². The lowest BCUT2D eigenvalue weighted by Gasteiger charge is -1.89. The second-order valence-corrected chi connectivity index (χ2v) is 1.89. The fraction of sp³-hybridized carbons (Fsp3) is 0. The minimum Gasteiger partial charge on any atom is -0.288 e. The van der Waals surface area contributed by atoms with E-state index in [1.807, 2.05) is 5.87 Å². The van der Waals surface area contributed by atoms with Gasteiger partial charge in [-0.05, 0) is 18.0 Å². The first-order valence-corrected chi connectivity index (χ1v) is 3.04. The van der Waals surface area contributed by atoms with Crippen LogP contribution in [0.25, 0.3) is 0 Å². The van der Waals surface area contributed by atoms with Crippen LogP contribution >= 0.6 is 0 Å². The molecule has 54 valence electrons. The number of rotatable bonds is 2. The predicted octanol–water partition coefficient (Wildman–Crippen LogP) is 1.07. The Balaban J connectivity index is 2.94. The molecule has 1 heterocycles. The summed E-state index contributed by atoms with van der Waals surface area (Å²) >= 11 is 0. The SMILES string of the molecule is N=C=CC(=O)c1cccnc1. The normalized spacial score (nSPS) is 8.36. The third-order valence-corrected chi connectivity index (χ3v) is 1.15. The molecule has 11 heavy (non-hydrogen) atoms. The van der Waals surface area contributed by atoms with E-state index in [9.17, 15) is 4.79 Å². The molecule has 1 rings (SSSR count). The van der Waals surface area contributed by atoms with Crippen LogP contribution in [0.15, 0.2) is 30.6 Å². The summed E-state index contributed by atoms with van der Waals surface area (Å²) < 4.78 is 0. The maximum atomic E-state index is 11.0. The van der Waals surface area contributed by atoms with Crippen molar-refractivity contribution in [1.82, 2.24) is 4.98 Å². The van der Waals surface area contributed by atoms with Crippen molar-refractivity contribution in [3.8, 4) is 0 Å². The van der Waals surface area contributed by atoms with Crippen LogP contribution in [0.2, 0.25) is 0 Å².